The van der Waals surface area contributed by atoms with Crippen LogP contribution in [0.2, 0.25) is 5.02 Å². The number of anilines is 1. The fraction of sp³-hybridized carbons (Fsp3) is 0.250. The molecule has 0 saturated carbocycles. The number of rotatable bonds is 7. The van der Waals surface area contributed by atoms with E-state index in [1.165, 1.54) is 5.56 Å². The molecule has 2 aromatic carbocycles. The standard InChI is InChI=1S/C24H24ClN3O3/c25-20-8-6-18(7-9-20)17-31-21-4-1-3-19(15-21)16-27-11-13-28(14-12-27)23-22(24(29)30)5-2-10-26-23/h1-10,15H,11-14,16-17H2,(H,29,30). The van der Waals surface area contributed by atoms with Gasteiger partial charge in [0.15, 0.2) is 0 Å². The third-order valence-electron chi connectivity index (χ3n) is 5.31. The first-order valence-electron chi connectivity index (χ1n) is 10.2. The molecule has 0 unspecified atom stereocenters. The summed E-state index contributed by atoms with van der Waals surface area (Å²) in [5, 5.41) is 10.1. The number of pyridine rings is 1. The number of nitrogens with zero attached hydrogens (tertiary/aromatic N) is 3. The van der Waals surface area contributed by atoms with Crippen LogP contribution in [-0.2, 0) is 13.2 Å². The first-order valence-corrected chi connectivity index (χ1v) is 10.6. The lowest BCUT2D eigenvalue weighted by molar-refractivity contribution is 0.0697. The number of carboxylic acids is 1. The first-order chi connectivity index (χ1) is 15.1. The number of hydrogen-bond donors (Lipinski definition) is 1. The Kier molecular flexibility index (Phi) is 6.70. The highest BCUT2D eigenvalue weighted by Gasteiger charge is 2.22. The van der Waals surface area contributed by atoms with E-state index in [0.29, 0.717) is 17.4 Å². The Morgan fingerprint density at radius 1 is 1.00 bits per heavy atom. The third-order valence-corrected chi connectivity index (χ3v) is 5.56. The normalized spacial score (nSPS) is 14.4. The molecule has 1 N–H and O–H groups in total. The van der Waals surface area contributed by atoms with Crippen molar-refractivity contribution >= 4 is 23.4 Å². The van der Waals surface area contributed by atoms with Gasteiger partial charge in [-0.3, -0.25) is 4.90 Å². The largest absolute Gasteiger partial charge is 0.489 e. The average Bonchev–Trinajstić information content (AvgIpc) is 2.79. The maximum Gasteiger partial charge on any atom is 0.339 e. The number of aromatic carboxylic acids is 1. The summed E-state index contributed by atoms with van der Waals surface area (Å²) in [5.74, 6) is 0.443. The molecule has 2 heterocycles. The minimum atomic E-state index is -0.944. The molecule has 0 atom stereocenters. The molecule has 0 aliphatic carbocycles. The number of benzene rings is 2. The van der Waals surface area contributed by atoms with E-state index in [9.17, 15) is 9.90 Å². The summed E-state index contributed by atoms with van der Waals surface area (Å²) in [6, 6.07) is 19.1. The highest BCUT2D eigenvalue weighted by molar-refractivity contribution is 6.30. The van der Waals surface area contributed by atoms with Gasteiger partial charge in [-0.1, -0.05) is 35.9 Å². The van der Waals surface area contributed by atoms with Crippen molar-refractivity contribution < 1.29 is 14.6 Å². The van der Waals surface area contributed by atoms with Crippen LogP contribution in [0.1, 0.15) is 21.5 Å². The molecule has 0 amide bonds. The molecule has 0 spiro atoms. The van der Waals surface area contributed by atoms with Gasteiger partial charge in [-0.05, 0) is 47.5 Å². The molecule has 0 bridgehead atoms. The van der Waals surface area contributed by atoms with Crippen molar-refractivity contribution in [1.29, 1.82) is 0 Å². The van der Waals surface area contributed by atoms with Crippen molar-refractivity contribution in [3.63, 3.8) is 0 Å². The summed E-state index contributed by atoms with van der Waals surface area (Å²) >= 11 is 5.93. The van der Waals surface area contributed by atoms with Gasteiger partial charge in [0.05, 0.1) is 0 Å². The second-order valence-electron chi connectivity index (χ2n) is 7.51. The number of ether oxygens (including phenoxy) is 1. The molecule has 4 rings (SSSR count). The van der Waals surface area contributed by atoms with Crippen molar-refractivity contribution in [3.8, 4) is 5.75 Å². The van der Waals surface area contributed by atoms with Crippen LogP contribution in [0.15, 0.2) is 66.9 Å². The molecule has 160 valence electrons. The molecular weight excluding hydrogens is 414 g/mol. The van der Waals surface area contributed by atoms with Crippen LogP contribution in [0.3, 0.4) is 0 Å². The van der Waals surface area contributed by atoms with E-state index < -0.39 is 5.97 Å². The minimum absolute atomic E-state index is 0.251. The Balaban J connectivity index is 1.32. The van der Waals surface area contributed by atoms with Gasteiger partial charge in [0, 0.05) is 43.9 Å². The van der Waals surface area contributed by atoms with Crippen molar-refractivity contribution in [2.45, 2.75) is 13.2 Å². The molecular formula is C24H24ClN3O3. The zero-order chi connectivity index (χ0) is 21.6. The lowest BCUT2D eigenvalue weighted by Gasteiger charge is -2.35. The molecule has 1 aliphatic heterocycles. The van der Waals surface area contributed by atoms with Crippen LogP contribution in [0, 0.1) is 0 Å². The summed E-state index contributed by atoms with van der Waals surface area (Å²) in [6.07, 6.45) is 1.64. The van der Waals surface area contributed by atoms with Gasteiger partial charge in [-0.15, -0.1) is 0 Å². The SMILES string of the molecule is O=C(O)c1cccnc1N1CCN(Cc2cccc(OCc3ccc(Cl)cc3)c2)CC1. The molecule has 1 aliphatic rings. The van der Waals surface area contributed by atoms with E-state index in [-0.39, 0.29) is 5.56 Å². The summed E-state index contributed by atoms with van der Waals surface area (Å²) in [6.45, 7) is 4.47. The number of carboxylic acid groups (broad SMARTS) is 1. The van der Waals surface area contributed by atoms with Crippen LogP contribution in [0.25, 0.3) is 0 Å². The maximum atomic E-state index is 11.5. The van der Waals surface area contributed by atoms with Gasteiger partial charge in [0.1, 0.15) is 23.7 Å². The molecule has 6 nitrogen and oxygen atoms in total. The van der Waals surface area contributed by atoms with Crippen molar-refractivity contribution in [2.24, 2.45) is 0 Å². The predicted octanol–water partition coefficient (Wildman–Crippen LogP) is 4.33. The van der Waals surface area contributed by atoms with Gasteiger partial charge < -0.3 is 14.7 Å². The topological polar surface area (TPSA) is 65.9 Å². The molecule has 7 heteroatoms. The van der Waals surface area contributed by atoms with E-state index in [2.05, 4.69) is 22.0 Å². The number of aromatic nitrogens is 1. The summed E-state index contributed by atoms with van der Waals surface area (Å²) in [5.41, 5.74) is 2.51. The number of halogens is 1. The van der Waals surface area contributed by atoms with E-state index in [1.54, 1.807) is 18.3 Å². The van der Waals surface area contributed by atoms with Gasteiger partial charge in [-0.2, -0.15) is 0 Å². The third kappa shape index (κ3) is 5.54. The predicted molar refractivity (Wildman–Crippen MR) is 121 cm³/mol. The Morgan fingerprint density at radius 2 is 1.77 bits per heavy atom. The number of carbonyl (C=O) groups is 1. The molecule has 3 aromatic rings. The van der Waals surface area contributed by atoms with Crippen molar-refractivity contribution in [1.82, 2.24) is 9.88 Å². The fourth-order valence-electron chi connectivity index (χ4n) is 3.67. The Morgan fingerprint density at radius 3 is 2.52 bits per heavy atom. The van der Waals surface area contributed by atoms with Crippen molar-refractivity contribution in [2.75, 3.05) is 31.1 Å². The molecule has 0 radical (unpaired) electrons. The highest BCUT2D eigenvalue weighted by atomic mass is 35.5. The van der Waals surface area contributed by atoms with Gasteiger partial charge in [0.25, 0.3) is 0 Å². The Hall–Kier alpha value is -3.09. The smallest absolute Gasteiger partial charge is 0.339 e. The van der Waals surface area contributed by atoms with Crippen LogP contribution in [-0.4, -0.2) is 47.1 Å². The monoisotopic (exact) mass is 437 g/mol. The minimum Gasteiger partial charge on any atom is -0.489 e. The summed E-state index contributed by atoms with van der Waals surface area (Å²) < 4.78 is 5.94. The zero-order valence-corrected chi connectivity index (χ0v) is 17.8. The Labute approximate surface area is 186 Å². The zero-order valence-electron chi connectivity index (χ0n) is 17.1. The van der Waals surface area contributed by atoms with Gasteiger partial charge >= 0.3 is 5.97 Å². The Bertz CT molecular complexity index is 1030. The number of hydrogen-bond acceptors (Lipinski definition) is 5. The number of piperazine rings is 1. The first kappa shape index (κ1) is 21.2. The highest BCUT2D eigenvalue weighted by Crippen LogP contribution is 2.21. The molecule has 1 saturated heterocycles. The van der Waals surface area contributed by atoms with Crippen LogP contribution in [0.4, 0.5) is 5.82 Å². The summed E-state index contributed by atoms with van der Waals surface area (Å²) in [7, 11) is 0. The van der Waals surface area contributed by atoms with Crippen LogP contribution < -0.4 is 9.64 Å². The van der Waals surface area contributed by atoms with E-state index in [4.69, 9.17) is 16.3 Å². The lowest BCUT2D eigenvalue weighted by atomic mass is 10.1. The van der Waals surface area contributed by atoms with Gasteiger partial charge in [0.2, 0.25) is 0 Å². The maximum absolute atomic E-state index is 11.5. The second kappa shape index (κ2) is 9.81. The van der Waals surface area contributed by atoms with Crippen LogP contribution in [0.5, 0.6) is 5.75 Å². The van der Waals surface area contributed by atoms with Crippen LogP contribution >= 0.6 is 11.6 Å². The molecule has 31 heavy (non-hydrogen) atoms. The molecule has 1 aromatic heterocycles. The van der Waals surface area contributed by atoms with E-state index >= 15 is 0 Å². The van der Waals surface area contributed by atoms with Crippen molar-refractivity contribution in [3.05, 3.63) is 88.6 Å². The van der Waals surface area contributed by atoms with Gasteiger partial charge in [-0.25, -0.2) is 9.78 Å². The quantitative estimate of drug-likeness (QED) is 0.593. The molecule has 1 fully saturated rings. The average molecular weight is 438 g/mol. The lowest BCUT2D eigenvalue weighted by Crippen LogP contribution is -2.46. The second-order valence-corrected chi connectivity index (χ2v) is 7.94. The van der Waals surface area contributed by atoms with E-state index in [0.717, 1.165) is 44.0 Å². The van der Waals surface area contributed by atoms with E-state index in [1.807, 2.05) is 41.3 Å². The fourth-order valence-corrected chi connectivity index (χ4v) is 3.80. The summed E-state index contributed by atoms with van der Waals surface area (Å²) in [4.78, 5) is 20.2.